The normalized spacial score (nSPS) is 10.6. The molecule has 0 unspecified atom stereocenters. The van der Waals surface area contributed by atoms with Gasteiger partial charge in [-0.1, -0.05) is 6.07 Å². The van der Waals surface area contributed by atoms with Gasteiger partial charge in [-0.05, 0) is 45.0 Å². The van der Waals surface area contributed by atoms with Gasteiger partial charge in [0.1, 0.15) is 0 Å². The maximum atomic E-state index is 11.9. The third kappa shape index (κ3) is 6.77. The van der Waals surface area contributed by atoms with E-state index >= 15 is 0 Å². The Kier molecular flexibility index (Phi) is 7.27. The number of amides is 1. The number of hydrogen-bond donors (Lipinski definition) is 2. The molecular weight excluding hydrogens is 264 g/mol. The van der Waals surface area contributed by atoms with Crippen LogP contribution in [0.15, 0.2) is 24.3 Å². The quantitative estimate of drug-likeness (QED) is 0.720. The van der Waals surface area contributed by atoms with Gasteiger partial charge < -0.3 is 11.1 Å². The van der Waals surface area contributed by atoms with Crippen LogP contribution >= 0.6 is 0 Å². The topological polar surface area (TPSA) is 82.2 Å². The molecule has 0 aromatic heterocycles. The third-order valence-corrected chi connectivity index (χ3v) is 3.26. The predicted octanol–water partition coefficient (Wildman–Crippen LogP) is 2.61. The van der Waals surface area contributed by atoms with Crippen LogP contribution in [0.25, 0.3) is 0 Å². The third-order valence-electron chi connectivity index (χ3n) is 3.26. The van der Waals surface area contributed by atoms with Crippen LogP contribution in [-0.4, -0.2) is 29.9 Å². The van der Waals surface area contributed by atoms with Crippen LogP contribution in [0, 0.1) is 11.3 Å². The molecule has 5 nitrogen and oxygen atoms in total. The number of rotatable bonds is 8. The Bertz CT molecular complexity index is 493. The van der Waals surface area contributed by atoms with Gasteiger partial charge in [0.2, 0.25) is 5.91 Å². The molecule has 21 heavy (non-hydrogen) atoms. The highest BCUT2D eigenvalue weighted by Crippen LogP contribution is 2.12. The van der Waals surface area contributed by atoms with E-state index in [9.17, 15) is 4.79 Å². The average Bonchev–Trinajstić information content (AvgIpc) is 2.42. The van der Waals surface area contributed by atoms with Crippen molar-refractivity contribution in [2.24, 2.45) is 0 Å². The zero-order chi connectivity index (χ0) is 15.7. The van der Waals surface area contributed by atoms with Gasteiger partial charge in [0.15, 0.2) is 0 Å². The van der Waals surface area contributed by atoms with Gasteiger partial charge >= 0.3 is 0 Å². The summed E-state index contributed by atoms with van der Waals surface area (Å²) in [6.45, 7) is 5.78. The fourth-order valence-electron chi connectivity index (χ4n) is 2.10. The Labute approximate surface area is 126 Å². The van der Waals surface area contributed by atoms with Crippen LogP contribution in [0.5, 0.6) is 0 Å². The second kappa shape index (κ2) is 8.98. The van der Waals surface area contributed by atoms with Crippen LogP contribution in [-0.2, 0) is 4.79 Å². The van der Waals surface area contributed by atoms with E-state index in [2.05, 4.69) is 30.1 Å². The lowest BCUT2D eigenvalue weighted by molar-refractivity contribution is -0.116. The van der Waals surface area contributed by atoms with E-state index in [4.69, 9.17) is 11.0 Å². The van der Waals surface area contributed by atoms with Crippen molar-refractivity contribution in [2.75, 3.05) is 24.1 Å². The number of carbonyl (C=O) groups excluding carboxylic acids is 1. The fraction of sp³-hybridized carbons (Fsp3) is 0.500. The first-order valence-electron chi connectivity index (χ1n) is 7.29. The van der Waals surface area contributed by atoms with Gasteiger partial charge in [0.05, 0.1) is 6.07 Å². The molecule has 0 heterocycles. The van der Waals surface area contributed by atoms with Crippen molar-refractivity contribution in [3.05, 3.63) is 24.3 Å². The molecule has 0 radical (unpaired) electrons. The maximum absolute atomic E-state index is 11.9. The van der Waals surface area contributed by atoms with Crippen molar-refractivity contribution in [3.8, 4) is 6.07 Å². The zero-order valence-electron chi connectivity index (χ0n) is 12.8. The molecule has 0 saturated heterocycles. The molecule has 1 aromatic carbocycles. The highest BCUT2D eigenvalue weighted by molar-refractivity contribution is 5.91. The minimum Gasteiger partial charge on any atom is -0.399 e. The Morgan fingerprint density at radius 3 is 2.81 bits per heavy atom. The number of carbonyl (C=O) groups is 1. The lowest BCUT2D eigenvalue weighted by atomic mass is 10.2. The first-order valence-corrected chi connectivity index (χ1v) is 7.29. The van der Waals surface area contributed by atoms with E-state index in [-0.39, 0.29) is 5.91 Å². The summed E-state index contributed by atoms with van der Waals surface area (Å²) in [4.78, 5) is 14.1. The van der Waals surface area contributed by atoms with E-state index in [1.807, 2.05) is 12.1 Å². The Morgan fingerprint density at radius 2 is 2.19 bits per heavy atom. The molecule has 0 fully saturated rings. The van der Waals surface area contributed by atoms with Crippen molar-refractivity contribution in [2.45, 2.75) is 39.2 Å². The highest BCUT2D eigenvalue weighted by atomic mass is 16.1. The second-order valence-corrected chi connectivity index (χ2v) is 5.32. The molecule has 0 saturated carbocycles. The van der Waals surface area contributed by atoms with Crippen molar-refractivity contribution in [1.82, 2.24) is 4.90 Å². The summed E-state index contributed by atoms with van der Waals surface area (Å²) in [6.07, 6.45) is 1.76. The van der Waals surface area contributed by atoms with Crippen molar-refractivity contribution in [1.29, 1.82) is 5.26 Å². The highest BCUT2D eigenvalue weighted by Gasteiger charge is 2.10. The SMILES string of the molecule is CC(C)N(CCC#N)CCCC(=O)Nc1cccc(N)c1. The molecule has 114 valence electrons. The number of nitrogens with one attached hydrogen (secondary N) is 1. The van der Waals surface area contributed by atoms with E-state index in [1.54, 1.807) is 12.1 Å². The monoisotopic (exact) mass is 288 g/mol. The second-order valence-electron chi connectivity index (χ2n) is 5.32. The number of nitrogen functional groups attached to an aromatic ring is 1. The average molecular weight is 288 g/mol. The molecule has 5 heteroatoms. The Hall–Kier alpha value is -2.06. The predicted molar refractivity (Wildman–Crippen MR) is 85.7 cm³/mol. The van der Waals surface area contributed by atoms with Gasteiger partial charge in [-0.3, -0.25) is 9.69 Å². The summed E-state index contributed by atoms with van der Waals surface area (Å²) in [6, 6.07) is 9.70. The van der Waals surface area contributed by atoms with Gasteiger partial charge in [0.25, 0.3) is 0 Å². The largest absolute Gasteiger partial charge is 0.399 e. The zero-order valence-corrected chi connectivity index (χ0v) is 12.8. The van der Waals surface area contributed by atoms with Gasteiger partial charge in [-0.15, -0.1) is 0 Å². The standard InChI is InChI=1S/C16H24N4O/c1-13(2)20(11-5-9-17)10-4-8-16(21)19-15-7-3-6-14(18)12-15/h3,6-7,12-13H,4-5,8,10-11,18H2,1-2H3,(H,19,21). The maximum Gasteiger partial charge on any atom is 0.224 e. The summed E-state index contributed by atoms with van der Waals surface area (Å²) in [5.41, 5.74) is 7.03. The molecule has 3 N–H and O–H groups in total. The molecule has 1 rings (SSSR count). The van der Waals surface area contributed by atoms with Crippen LogP contribution in [0.2, 0.25) is 0 Å². The Morgan fingerprint density at radius 1 is 1.43 bits per heavy atom. The molecule has 0 aliphatic heterocycles. The number of anilines is 2. The summed E-state index contributed by atoms with van der Waals surface area (Å²) in [5.74, 6) is -0.00964. The summed E-state index contributed by atoms with van der Waals surface area (Å²) < 4.78 is 0. The van der Waals surface area contributed by atoms with Crippen LogP contribution in [0.3, 0.4) is 0 Å². The number of nitriles is 1. The number of benzene rings is 1. The number of nitrogens with two attached hydrogens (primary N) is 1. The van der Waals surface area contributed by atoms with Gasteiger partial charge in [0, 0.05) is 36.8 Å². The van der Waals surface area contributed by atoms with Gasteiger partial charge in [-0.2, -0.15) is 5.26 Å². The summed E-state index contributed by atoms with van der Waals surface area (Å²) in [5, 5.41) is 11.5. The fourth-order valence-corrected chi connectivity index (χ4v) is 2.10. The summed E-state index contributed by atoms with van der Waals surface area (Å²) in [7, 11) is 0. The molecule has 0 aliphatic rings. The number of nitrogens with zero attached hydrogens (tertiary/aromatic N) is 2. The lowest BCUT2D eigenvalue weighted by Gasteiger charge is -2.25. The molecule has 0 aliphatic carbocycles. The van der Waals surface area contributed by atoms with Crippen LogP contribution in [0.4, 0.5) is 11.4 Å². The van der Waals surface area contributed by atoms with E-state index in [0.717, 1.165) is 25.2 Å². The molecule has 0 atom stereocenters. The van der Waals surface area contributed by atoms with Crippen molar-refractivity contribution < 1.29 is 4.79 Å². The molecular formula is C16H24N4O. The lowest BCUT2D eigenvalue weighted by Crippen LogP contribution is -2.33. The van der Waals surface area contributed by atoms with Crippen LogP contribution in [0.1, 0.15) is 33.1 Å². The molecule has 0 bridgehead atoms. The Balaban J connectivity index is 2.34. The molecule has 1 aromatic rings. The number of hydrogen-bond acceptors (Lipinski definition) is 4. The van der Waals surface area contributed by atoms with E-state index < -0.39 is 0 Å². The molecule has 1 amide bonds. The van der Waals surface area contributed by atoms with Crippen LogP contribution < -0.4 is 11.1 Å². The van der Waals surface area contributed by atoms with E-state index in [1.165, 1.54) is 0 Å². The van der Waals surface area contributed by atoms with Crippen molar-refractivity contribution >= 4 is 17.3 Å². The van der Waals surface area contributed by atoms with Gasteiger partial charge in [-0.25, -0.2) is 0 Å². The minimum absolute atomic E-state index is 0.00964. The van der Waals surface area contributed by atoms with E-state index in [0.29, 0.717) is 24.6 Å². The first kappa shape index (κ1) is 17.0. The molecule has 0 spiro atoms. The smallest absolute Gasteiger partial charge is 0.224 e. The van der Waals surface area contributed by atoms with Crippen molar-refractivity contribution in [3.63, 3.8) is 0 Å². The minimum atomic E-state index is -0.00964. The first-order chi connectivity index (χ1) is 10.0. The summed E-state index contributed by atoms with van der Waals surface area (Å²) >= 11 is 0.